The van der Waals surface area contributed by atoms with Crippen LogP contribution in [0.15, 0.2) is 64.5 Å². The van der Waals surface area contributed by atoms with Gasteiger partial charge in [-0.25, -0.2) is 17.7 Å². The topological polar surface area (TPSA) is 78.8 Å². The average Bonchev–Trinajstić information content (AvgIpc) is 2.58. The molecule has 0 fully saturated rings. The normalized spacial score (nSPS) is 16.3. The molecule has 0 aliphatic carbocycles. The lowest BCUT2D eigenvalue weighted by Crippen LogP contribution is -2.41. The third-order valence-corrected chi connectivity index (χ3v) is 5.50. The summed E-state index contributed by atoms with van der Waals surface area (Å²) in [4.78, 5) is 16.4. The Hall–Kier alpha value is -2.67. The molecule has 124 valence electrons. The lowest BCUT2D eigenvalue weighted by atomic mass is 10.1. The monoisotopic (exact) mass is 343 g/mol. The van der Waals surface area contributed by atoms with Gasteiger partial charge in [0.05, 0.1) is 11.7 Å². The second-order valence-electron chi connectivity index (χ2n) is 5.46. The molecular formula is C17H17N3O3S. The number of para-hydroxylation sites is 1. The van der Waals surface area contributed by atoms with Gasteiger partial charge in [-0.1, -0.05) is 42.5 Å². The molecule has 0 spiro atoms. The third-order valence-electron chi connectivity index (χ3n) is 3.75. The van der Waals surface area contributed by atoms with E-state index in [-0.39, 0.29) is 23.4 Å². The molecule has 0 bridgehead atoms. The number of nitrogens with one attached hydrogen (secondary N) is 1. The van der Waals surface area contributed by atoms with Crippen LogP contribution in [0.1, 0.15) is 18.5 Å². The highest BCUT2D eigenvalue weighted by Crippen LogP contribution is 2.29. The second kappa shape index (κ2) is 6.45. The molecule has 1 aliphatic rings. The molecule has 0 aromatic heterocycles. The fraction of sp³-hybridized carbons (Fsp3) is 0.176. The van der Waals surface area contributed by atoms with Gasteiger partial charge >= 0.3 is 0 Å². The highest BCUT2D eigenvalue weighted by atomic mass is 32.2. The smallest absolute Gasteiger partial charge is 0.267 e. The number of carbonyl (C=O) groups excluding carboxylic acids is 1. The number of amides is 1. The van der Waals surface area contributed by atoms with Crippen molar-refractivity contribution in [2.75, 3.05) is 6.54 Å². The molecule has 0 radical (unpaired) electrons. The van der Waals surface area contributed by atoms with E-state index in [2.05, 4.69) is 10.3 Å². The van der Waals surface area contributed by atoms with Crippen LogP contribution in [-0.2, 0) is 14.8 Å². The summed E-state index contributed by atoms with van der Waals surface area (Å²) in [5, 5.41) is 2.80. The molecule has 2 aromatic rings. The molecule has 0 unspecified atom stereocenters. The van der Waals surface area contributed by atoms with Gasteiger partial charge in [0.1, 0.15) is 17.8 Å². The minimum atomic E-state index is -3.76. The van der Waals surface area contributed by atoms with Gasteiger partial charge in [0.15, 0.2) is 0 Å². The van der Waals surface area contributed by atoms with Crippen molar-refractivity contribution in [2.24, 2.45) is 4.99 Å². The van der Waals surface area contributed by atoms with E-state index in [1.807, 2.05) is 37.3 Å². The highest BCUT2D eigenvalue weighted by molar-refractivity contribution is 7.89. The molecule has 24 heavy (non-hydrogen) atoms. The van der Waals surface area contributed by atoms with Gasteiger partial charge in [0.25, 0.3) is 10.0 Å². The van der Waals surface area contributed by atoms with Gasteiger partial charge in [-0.15, -0.1) is 0 Å². The quantitative estimate of drug-likeness (QED) is 0.924. The number of aliphatic imine (C=N–C) groups is 1. The van der Waals surface area contributed by atoms with E-state index in [1.54, 1.807) is 18.2 Å². The molecule has 1 atom stereocenters. The van der Waals surface area contributed by atoms with Crippen molar-refractivity contribution < 1.29 is 13.2 Å². The van der Waals surface area contributed by atoms with Crippen LogP contribution in [0.2, 0.25) is 0 Å². The maximum absolute atomic E-state index is 12.6. The van der Waals surface area contributed by atoms with Crippen LogP contribution in [0.25, 0.3) is 0 Å². The molecule has 0 saturated heterocycles. The zero-order chi connectivity index (χ0) is 17.2. The van der Waals surface area contributed by atoms with E-state index in [4.69, 9.17) is 0 Å². The lowest BCUT2D eigenvalue weighted by Gasteiger charge is -2.24. The molecule has 7 heteroatoms. The summed E-state index contributed by atoms with van der Waals surface area (Å²) in [7, 11) is -3.76. The first-order valence-electron chi connectivity index (χ1n) is 7.48. The summed E-state index contributed by atoms with van der Waals surface area (Å²) in [6.07, 6.45) is 1.18. The third kappa shape index (κ3) is 3.16. The number of sulfonamides is 1. The van der Waals surface area contributed by atoms with Crippen LogP contribution in [0.3, 0.4) is 0 Å². The van der Waals surface area contributed by atoms with E-state index < -0.39 is 10.0 Å². The summed E-state index contributed by atoms with van der Waals surface area (Å²) in [6.45, 7) is 1.54. The Labute approximate surface area is 140 Å². The Morgan fingerprint density at radius 1 is 1.12 bits per heavy atom. The van der Waals surface area contributed by atoms with Crippen LogP contribution in [0, 0.1) is 0 Å². The fourth-order valence-corrected chi connectivity index (χ4v) is 3.82. The van der Waals surface area contributed by atoms with Crippen molar-refractivity contribution in [1.29, 1.82) is 0 Å². The van der Waals surface area contributed by atoms with Gasteiger partial charge in [-0.2, -0.15) is 0 Å². The number of nitrogens with zero attached hydrogens (tertiary/aromatic N) is 2. The Bertz CT molecular complexity index is 879. The highest BCUT2D eigenvalue weighted by Gasteiger charge is 2.30. The fourth-order valence-electron chi connectivity index (χ4n) is 2.48. The summed E-state index contributed by atoms with van der Waals surface area (Å²) in [6, 6.07) is 15.7. The predicted octanol–water partition coefficient (Wildman–Crippen LogP) is 2.23. The second-order valence-corrected chi connectivity index (χ2v) is 7.32. The van der Waals surface area contributed by atoms with Crippen molar-refractivity contribution in [2.45, 2.75) is 17.9 Å². The van der Waals surface area contributed by atoms with Crippen LogP contribution in [0.5, 0.6) is 0 Å². The molecule has 1 aliphatic heterocycles. The largest absolute Gasteiger partial charge is 0.348 e. The zero-order valence-electron chi connectivity index (χ0n) is 13.1. The van der Waals surface area contributed by atoms with Crippen molar-refractivity contribution in [3.63, 3.8) is 0 Å². The van der Waals surface area contributed by atoms with Crippen LogP contribution in [0.4, 0.5) is 5.69 Å². The van der Waals surface area contributed by atoms with Crippen LogP contribution >= 0.6 is 0 Å². The van der Waals surface area contributed by atoms with Gasteiger partial charge in [-0.05, 0) is 24.6 Å². The lowest BCUT2D eigenvalue weighted by molar-refractivity contribution is -0.121. The Kier molecular flexibility index (Phi) is 4.35. The van der Waals surface area contributed by atoms with Gasteiger partial charge < -0.3 is 5.32 Å². The van der Waals surface area contributed by atoms with Crippen molar-refractivity contribution in [1.82, 2.24) is 9.62 Å². The minimum absolute atomic E-state index is 0.108. The van der Waals surface area contributed by atoms with Gasteiger partial charge in [0.2, 0.25) is 5.91 Å². The Balaban J connectivity index is 1.72. The standard InChI is InChI=1S/C17H17N3O3S/c1-13(14-7-3-2-4-8-14)19-17(21)11-20-12-18-15-9-5-6-10-16(15)24(20,22)23/h2-10,12-13H,11H2,1H3,(H,19,21)/t13-/m1/s1. The number of hydrogen-bond donors (Lipinski definition) is 1. The molecule has 2 aromatic carbocycles. The van der Waals surface area contributed by atoms with Crippen molar-refractivity contribution >= 4 is 28.0 Å². The van der Waals surface area contributed by atoms with E-state index in [0.717, 1.165) is 9.87 Å². The van der Waals surface area contributed by atoms with E-state index in [9.17, 15) is 13.2 Å². The Morgan fingerprint density at radius 3 is 2.54 bits per heavy atom. The molecule has 6 nitrogen and oxygen atoms in total. The Morgan fingerprint density at radius 2 is 1.79 bits per heavy atom. The molecule has 3 rings (SSSR count). The maximum atomic E-state index is 12.6. The summed E-state index contributed by atoms with van der Waals surface area (Å²) in [5.41, 5.74) is 1.33. The van der Waals surface area contributed by atoms with Gasteiger partial charge in [-0.3, -0.25) is 4.79 Å². The van der Waals surface area contributed by atoms with Crippen LogP contribution < -0.4 is 5.32 Å². The number of carbonyl (C=O) groups is 1. The molecule has 0 saturated carbocycles. The van der Waals surface area contributed by atoms with Crippen molar-refractivity contribution in [3.8, 4) is 0 Å². The SMILES string of the molecule is C[C@@H](NC(=O)CN1C=Nc2ccccc2S1(=O)=O)c1ccccc1. The van der Waals surface area contributed by atoms with Crippen molar-refractivity contribution in [3.05, 3.63) is 60.2 Å². The molecule has 1 N–H and O–H groups in total. The van der Waals surface area contributed by atoms with Crippen LogP contribution in [-0.4, -0.2) is 31.5 Å². The van der Waals surface area contributed by atoms with Gasteiger partial charge in [0, 0.05) is 0 Å². The summed E-state index contributed by atoms with van der Waals surface area (Å²) < 4.78 is 26.1. The molecular weight excluding hydrogens is 326 g/mol. The molecule has 1 amide bonds. The summed E-state index contributed by atoms with van der Waals surface area (Å²) in [5.74, 6) is -0.388. The maximum Gasteiger partial charge on any atom is 0.267 e. The number of hydrogen-bond acceptors (Lipinski definition) is 4. The molecule has 1 heterocycles. The average molecular weight is 343 g/mol. The zero-order valence-corrected chi connectivity index (χ0v) is 13.9. The summed E-state index contributed by atoms with van der Waals surface area (Å²) >= 11 is 0. The first-order valence-corrected chi connectivity index (χ1v) is 8.92. The predicted molar refractivity (Wildman–Crippen MR) is 91.5 cm³/mol. The van der Waals surface area contributed by atoms with E-state index in [0.29, 0.717) is 5.69 Å². The van der Waals surface area contributed by atoms with E-state index >= 15 is 0 Å². The first kappa shape index (κ1) is 16.2. The van der Waals surface area contributed by atoms with E-state index in [1.165, 1.54) is 12.4 Å². The number of benzene rings is 2. The minimum Gasteiger partial charge on any atom is -0.348 e. The number of rotatable bonds is 4. The first-order chi connectivity index (χ1) is 11.5. The number of fused-ring (bicyclic) bond motifs is 1.